The summed E-state index contributed by atoms with van der Waals surface area (Å²) in [5.74, 6) is -0.0105. The third kappa shape index (κ3) is 2.36. The summed E-state index contributed by atoms with van der Waals surface area (Å²) in [6.07, 6.45) is 5.44. The van der Waals surface area contributed by atoms with Crippen molar-refractivity contribution >= 4 is 5.91 Å². The Hall–Kier alpha value is -1.29. The molecule has 17 heavy (non-hydrogen) atoms. The molecule has 1 aromatic rings. The lowest BCUT2D eigenvalue weighted by molar-refractivity contribution is -0.127. The average Bonchev–Trinajstić information content (AvgIpc) is 2.90. The lowest BCUT2D eigenvalue weighted by atomic mass is 9.86. The first-order valence-electron chi connectivity index (χ1n) is 6.03. The van der Waals surface area contributed by atoms with Gasteiger partial charge in [0, 0.05) is 24.4 Å². The number of amides is 1. The molecule has 1 heterocycles. The summed E-state index contributed by atoms with van der Waals surface area (Å²) >= 11 is 0. The van der Waals surface area contributed by atoms with E-state index in [4.69, 9.17) is 0 Å². The van der Waals surface area contributed by atoms with Crippen molar-refractivity contribution in [2.75, 3.05) is 13.2 Å². The summed E-state index contributed by atoms with van der Waals surface area (Å²) < 4.78 is 0. The summed E-state index contributed by atoms with van der Waals surface area (Å²) in [6.45, 7) is 4.73. The van der Waals surface area contributed by atoms with Gasteiger partial charge in [0.15, 0.2) is 0 Å². The van der Waals surface area contributed by atoms with Gasteiger partial charge in [-0.2, -0.15) is 0 Å². The van der Waals surface area contributed by atoms with E-state index in [0.29, 0.717) is 6.54 Å². The maximum Gasteiger partial charge on any atom is 0.228 e. The van der Waals surface area contributed by atoms with Crippen LogP contribution in [0, 0.1) is 5.41 Å². The molecule has 1 aromatic heterocycles. The minimum Gasteiger partial charge on any atom is -0.395 e. The molecule has 4 heteroatoms. The summed E-state index contributed by atoms with van der Waals surface area (Å²) in [6, 6.07) is 2.02. The summed E-state index contributed by atoms with van der Waals surface area (Å²) in [7, 11) is 0. The van der Waals surface area contributed by atoms with E-state index in [1.807, 2.05) is 18.5 Å². The van der Waals surface area contributed by atoms with Crippen LogP contribution in [0.25, 0.3) is 0 Å². The fourth-order valence-electron chi connectivity index (χ4n) is 1.94. The quantitative estimate of drug-likeness (QED) is 0.718. The van der Waals surface area contributed by atoms with E-state index in [-0.39, 0.29) is 17.9 Å². The molecule has 0 spiro atoms. The van der Waals surface area contributed by atoms with Crippen molar-refractivity contribution in [1.29, 1.82) is 0 Å². The smallest absolute Gasteiger partial charge is 0.228 e. The molecule has 0 aliphatic heterocycles. The van der Waals surface area contributed by atoms with Gasteiger partial charge in [0.05, 0.1) is 12.0 Å². The van der Waals surface area contributed by atoms with Crippen LogP contribution >= 0.6 is 0 Å². The molecule has 0 radical (unpaired) electrons. The number of hydrogen-bond acceptors (Lipinski definition) is 2. The second-order valence-corrected chi connectivity index (χ2v) is 5.60. The zero-order chi connectivity index (χ0) is 12.5. The maximum absolute atomic E-state index is 11.9. The number of carbonyl (C=O) groups is 1. The van der Waals surface area contributed by atoms with E-state index in [0.717, 1.165) is 12.8 Å². The van der Waals surface area contributed by atoms with E-state index in [2.05, 4.69) is 24.1 Å². The molecule has 2 rings (SSSR count). The van der Waals surface area contributed by atoms with Gasteiger partial charge in [-0.3, -0.25) is 4.79 Å². The standard InChI is InChI=1S/C13H20N2O2/c1-12(2,10-3-6-14-7-10)8-15-11(17)13(9-16)4-5-13/h3,6-7,14,16H,4-5,8-9H2,1-2H3,(H,15,17). The molecule has 1 fully saturated rings. The van der Waals surface area contributed by atoms with Gasteiger partial charge in [-0.1, -0.05) is 13.8 Å². The van der Waals surface area contributed by atoms with Gasteiger partial charge >= 0.3 is 0 Å². The normalized spacial score (nSPS) is 17.8. The maximum atomic E-state index is 11.9. The average molecular weight is 236 g/mol. The van der Waals surface area contributed by atoms with Crippen molar-refractivity contribution in [3.8, 4) is 0 Å². The number of aliphatic hydroxyl groups is 1. The highest BCUT2D eigenvalue weighted by molar-refractivity contribution is 5.85. The fraction of sp³-hybridized carbons (Fsp3) is 0.615. The lowest BCUT2D eigenvalue weighted by Gasteiger charge is -2.25. The largest absolute Gasteiger partial charge is 0.395 e. The highest BCUT2D eigenvalue weighted by Crippen LogP contribution is 2.45. The van der Waals surface area contributed by atoms with Crippen molar-refractivity contribution < 1.29 is 9.90 Å². The Morgan fingerprint density at radius 1 is 1.59 bits per heavy atom. The number of hydrogen-bond donors (Lipinski definition) is 3. The van der Waals surface area contributed by atoms with Gasteiger partial charge in [-0.15, -0.1) is 0 Å². The van der Waals surface area contributed by atoms with Gasteiger partial charge in [0.1, 0.15) is 0 Å². The Labute approximate surface area is 101 Å². The Kier molecular flexibility index (Phi) is 3.00. The monoisotopic (exact) mass is 236 g/mol. The molecule has 0 unspecified atom stereocenters. The Balaban J connectivity index is 1.92. The van der Waals surface area contributed by atoms with Crippen molar-refractivity contribution in [2.24, 2.45) is 5.41 Å². The second kappa shape index (κ2) is 4.18. The molecule has 1 aliphatic rings. The molecule has 3 N–H and O–H groups in total. The third-order valence-corrected chi connectivity index (χ3v) is 3.71. The highest BCUT2D eigenvalue weighted by atomic mass is 16.3. The van der Waals surface area contributed by atoms with Crippen LogP contribution in [0.3, 0.4) is 0 Å². The van der Waals surface area contributed by atoms with Gasteiger partial charge in [0.2, 0.25) is 5.91 Å². The lowest BCUT2D eigenvalue weighted by Crippen LogP contribution is -2.41. The molecule has 94 valence electrons. The van der Waals surface area contributed by atoms with Crippen LogP contribution in [0.15, 0.2) is 18.5 Å². The zero-order valence-electron chi connectivity index (χ0n) is 10.4. The van der Waals surface area contributed by atoms with Gasteiger partial charge in [-0.25, -0.2) is 0 Å². The van der Waals surface area contributed by atoms with Crippen LogP contribution in [0.4, 0.5) is 0 Å². The highest BCUT2D eigenvalue weighted by Gasteiger charge is 2.49. The topological polar surface area (TPSA) is 65.1 Å². The van der Waals surface area contributed by atoms with Gasteiger partial charge in [0.25, 0.3) is 0 Å². The van der Waals surface area contributed by atoms with Crippen molar-refractivity contribution in [1.82, 2.24) is 10.3 Å². The van der Waals surface area contributed by atoms with E-state index in [1.165, 1.54) is 5.56 Å². The molecular weight excluding hydrogens is 216 g/mol. The third-order valence-electron chi connectivity index (χ3n) is 3.71. The molecule has 0 bridgehead atoms. The Morgan fingerprint density at radius 2 is 2.29 bits per heavy atom. The molecule has 0 atom stereocenters. The second-order valence-electron chi connectivity index (χ2n) is 5.60. The fourth-order valence-corrected chi connectivity index (χ4v) is 1.94. The van der Waals surface area contributed by atoms with Crippen molar-refractivity contribution in [2.45, 2.75) is 32.1 Å². The van der Waals surface area contributed by atoms with Crippen LogP contribution in [0.1, 0.15) is 32.3 Å². The predicted molar refractivity (Wildman–Crippen MR) is 65.6 cm³/mol. The molecule has 4 nitrogen and oxygen atoms in total. The zero-order valence-corrected chi connectivity index (χ0v) is 10.4. The van der Waals surface area contributed by atoms with Crippen molar-refractivity contribution in [3.63, 3.8) is 0 Å². The SMILES string of the molecule is CC(C)(CNC(=O)C1(CO)CC1)c1cc[nH]c1. The number of rotatable bonds is 5. The molecule has 1 amide bonds. The van der Waals surface area contributed by atoms with E-state index in [1.54, 1.807) is 0 Å². The first kappa shape index (κ1) is 12.2. The van der Waals surface area contributed by atoms with Crippen LogP contribution < -0.4 is 5.32 Å². The number of aromatic amines is 1. The summed E-state index contributed by atoms with van der Waals surface area (Å²) in [5.41, 5.74) is 0.599. The molecular formula is C13H20N2O2. The van der Waals surface area contributed by atoms with E-state index in [9.17, 15) is 9.90 Å². The van der Waals surface area contributed by atoms with E-state index < -0.39 is 5.41 Å². The first-order valence-corrected chi connectivity index (χ1v) is 6.03. The molecule has 0 aromatic carbocycles. The number of carbonyl (C=O) groups excluding carboxylic acids is 1. The Bertz CT molecular complexity index is 392. The molecule has 1 saturated carbocycles. The van der Waals surface area contributed by atoms with Crippen LogP contribution in [0.5, 0.6) is 0 Å². The summed E-state index contributed by atoms with van der Waals surface area (Å²) in [4.78, 5) is 14.9. The van der Waals surface area contributed by atoms with Crippen LogP contribution in [0.2, 0.25) is 0 Å². The number of aliphatic hydroxyl groups excluding tert-OH is 1. The van der Waals surface area contributed by atoms with Gasteiger partial charge in [-0.05, 0) is 24.5 Å². The van der Waals surface area contributed by atoms with Gasteiger partial charge < -0.3 is 15.4 Å². The van der Waals surface area contributed by atoms with Crippen LogP contribution in [-0.4, -0.2) is 29.1 Å². The van der Waals surface area contributed by atoms with E-state index >= 15 is 0 Å². The number of nitrogens with one attached hydrogen (secondary N) is 2. The van der Waals surface area contributed by atoms with Crippen molar-refractivity contribution in [3.05, 3.63) is 24.0 Å². The Morgan fingerprint density at radius 3 is 2.76 bits per heavy atom. The minimum absolute atomic E-state index is 0.0105. The van der Waals surface area contributed by atoms with Crippen LogP contribution in [-0.2, 0) is 10.2 Å². The number of aromatic nitrogens is 1. The molecule has 0 saturated heterocycles. The number of H-pyrrole nitrogens is 1. The first-order chi connectivity index (χ1) is 8.00. The predicted octanol–water partition coefficient (Wildman–Crippen LogP) is 1.18. The summed E-state index contributed by atoms with van der Waals surface area (Å²) in [5, 5.41) is 12.1. The minimum atomic E-state index is -0.478. The molecule has 1 aliphatic carbocycles.